The van der Waals surface area contributed by atoms with Crippen LogP contribution in [0.3, 0.4) is 0 Å². The van der Waals surface area contributed by atoms with Crippen LogP contribution in [0.1, 0.15) is 16.1 Å². The highest BCUT2D eigenvalue weighted by atomic mass is 35.5. The predicted octanol–water partition coefficient (Wildman–Crippen LogP) is 2.48. The van der Waals surface area contributed by atoms with Gasteiger partial charge in [-0.2, -0.15) is 0 Å². The third-order valence-electron chi connectivity index (χ3n) is 2.33. The van der Waals surface area contributed by atoms with Gasteiger partial charge >= 0.3 is 0 Å². The molecule has 4 nitrogen and oxygen atoms in total. The van der Waals surface area contributed by atoms with E-state index in [0.29, 0.717) is 22.0 Å². The van der Waals surface area contributed by atoms with Gasteiger partial charge in [0.15, 0.2) is 0 Å². The van der Waals surface area contributed by atoms with E-state index in [-0.39, 0.29) is 12.5 Å². The van der Waals surface area contributed by atoms with E-state index >= 15 is 0 Å². The van der Waals surface area contributed by atoms with E-state index in [0.717, 1.165) is 0 Å². The number of aliphatic hydroxyl groups is 1. The first-order chi connectivity index (χ1) is 8.69. The molecule has 0 aliphatic heterocycles. The molecule has 5 heteroatoms. The second-order valence-corrected chi connectivity index (χ2v) is 4.10. The van der Waals surface area contributed by atoms with Gasteiger partial charge < -0.3 is 10.4 Å². The Hall–Kier alpha value is -1.91. The van der Waals surface area contributed by atoms with Crippen LogP contribution in [-0.2, 0) is 6.61 Å². The number of carbonyl (C=O) groups excluding carboxylic acids is 1. The number of benzene rings is 1. The summed E-state index contributed by atoms with van der Waals surface area (Å²) in [6.07, 6.45) is 1.42. The molecule has 0 atom stereocenters. The van der Waals surface area contributed by atoms with Crippen LogP contribution in [0.4, 0.5) is 5.69 Å². The summed E-state index contributed by atoms with van der Waals surface area (Å²) in [5, 5.41) is 12.1. The molecule has 2 aromatic rings. The first-order valence-corrected chi connectivity index (χ1v) is 5.69. The summed E-state index contributed by atoms with van der Waals surface area (Å²) in [6.45, 7) is -0.143. The van der Waals surface area contributed by atoms with E-state index < -0.39 is 0 Å². The Balaban J connectivity index is 2.11. The number of aliphatic hydroxyl groups excluding tert-OH is 1. The zero-order valence-electron chi connectivity index (χ0n) is 9.43. The van der Waals surface area contributed by atoms with Crippen molar-refractivity contribution >= 4 is 23.2 Å². The Morgan fingerprint density at radius 2 is 2.17 bits per heavy atom. The fourth-order valence-electron chi connectivity index (χ4n) is 1.42. The second-order valence-electron chi connectivity index (χ2n) is 3.66. The molecule has 0 bridgehead atoms. The number of hydrogen-bond acceptors (Lipinski definition) is 3. The summed E-state index contributed by atoms with van der Waals surface area (Å²) < 4.78 is 0. The summed E-state index contributed by atoms with van der Waals surface area (Å²) >= 11 is 5.82. The fourth-order valence-corrected chi connectivity index (χ4v) is 1.61. The van der Waals surface area contributed by atoms with Crippen molar-refractivity contribution in [2.75, 3.05) is 5.32 Å². The molecule has 0 aliphatic carbocycles. The summed E-state index contributed by atoms with van der Waals surface area (Å²) in [4.78, 5) is 15.8. The number of nitrogens with zero attached hydrogens (tertiary/aromatic N) is 1. The maximum absolute atomic E-state index is 11.9. The summed E-state index contributed by atoms with van der Waals surface area (Å²) in [5.74, 6) is -0.269. The summed E-state index contributed by atoms with van der Waals surface area (Å²) in [6, 6.07) is 10.1. The molecule has 0 fully saturated rings. The lowest BCUT2D eigenvalue weighted by Gasteiger charge is -2.05. The Morgan fingerprint density at radius 3 is 2.78 bits per heavy atom. The molecular formula is C13H11ClN2O2. The van der Waals surface area contributed by atoms with E-state index in [1.165, 1.54) is 6.20 Å². The zero-order chi connectivity index (χ0) is 13.0. The van der Waals surface area contributed by atoms with Crippen molar-refractivity contribution in [3.05, 3.63) is 58.9 Å². The van der Waals surface area contributed by atoms with Crippen molar-refractivity contribution in [1.29, 1.82) is 0 Å². The number of nitrogens with one attached hydrogen (secondary N) is 1. The normalized spacial score (nSPS) is 10.1. The third kappa shape index (κ3) is 3.06. The van der Waals surface area contributed by atoms with Gasteiger partial charge in [-0.3, -0.25) is 9.78 Å². The molecule has 0 unspecified atom stereocenters. The van der Waals surface area contributed by atoms with Crippen LogP contribution in [-0.4, -0.2) is 16.0 Å². The van der Waals surface area contributed by atoms with Crippen LogP contribution in [0.2, 0.25) is 5.02 Å². The number of halogens is 1. The minimum atomic E-state index is -0.269. The Morgan fingerprint density at radius 1 is 1.33 bits per heavy atom. The molecule has 1 aromatic heterocycles. The molecule has 2 rings (SSSR count). The number of amides is 1. The van der Waals surface area contributed by atoms with E-state index in [1.54, 1.807) is 36.4 Å². The Bertz CT molecular complexity index is 555. The molecule has 1 aromatic carbocycles. The van der Waals surface area contributed by atoms with Crippen molar-refractivity contribution in [2.45, 2.75) is 6.61 Å². The number of aromatic nitrogens is 1. The first kappa shape index (κ1) is 12.5. The molecule has 0 spiro atoms. The van der Waals surface area contributed by atoms with E-state index in [9.17, 15) is 4.79 Å². The van der Waals surface area contributed by atoms with Crippen LogP contribution in [0.5, 0.6) is 0 Å². The lowest BCUT2D eigenvalue weighted by molar-refractivity contribution is 0.102. The SMILES string of the molecule is O=C(Nc1cccc(Cl)c1)c1ccc(CO)nc1. The Labute approximate surface area is 109 Å². The van der Waals surface area contributed by atoms with Crippen molar-refractivity contribution in [2.24, 2.45) is 0 Å². The second kappa shape index (κ2) is 5.62. The van der Waals surface area contributed by atoms with Crippen molar-refractivity contribution in [1.82, 2.24) is 4.98 Å². The molecule has 0 saturated heterocycles. The first-order valence-electron chi connectivity index (χ1n) is 5.32. The van der Waals surface area contributed by atoms with Gasteiger partial charge in [0.25, 0.3) is 5.91 Å². The summed E-state index contributed by atoms with van der Waals surface area (Å²) in [5.41, 5.74) is 1.57. The van der Waals surface area contributed by atoms with E-state index in [4.69, 9.17) is 16.7 Å². The van der Waals surface area contributed by atoms with Gasteiger partial charge in [-0.15, -0.1) is 0 Å². The van der Waals surface area contributed by atoms with Crippen molar-refractivity contribution < 1.29 is 9.90 Å². The number of anilines is 1. The highest BCUT2D eigenvalue weighted by molar-refractivity contribution is 6.30. The highest BCUT2D eigenvalue weighted by Gasteiger charge is 2.06. The minimum Gasteiger partial charge on any atom is -0.390 e. The standard InChI is InChI=1S/C13H11ClN2O2/c14-10-2-1-3-11(6-10)16-13(18)9-4-5-12(8-17)15-7-9/h1-7,17H,8H2,(H,16,18). The predicted molar refractivity (Wildman–Crippen MR) is 69.6 cm³/mol. The number of hydrogen-bond donors (Lipinski definition) is 2. The van der Waals surface area contributed by atoms with Gasteiger partial charge in [-0.25, -0.2) is 0 Å². The highest BCUT2D eigenvalue weighted by Crippen LogP contribution is 2.15. The third-order valence-corrected chi connectivity index (χ3v) is 2.57. The van der Waals surface area contributed by atoms with Gasteiger partial charge in [0.1, 0.15) is 0 Å². The quantitative estimate of drug-likeness (QED) is 0.893. The molecule has 0 saturated carbocycles. The molecule has 0 aliphatic rings. The van der Waals surface area contributed by atoms with Crippen LogP contribution in [0.15, 0.2) is 42.6 Å². The van der Waals surface area contributed by atoms with Gasteiger partial charge in [0.05, 0.1) is 17.9 Å². The maximum atomic E-state index is 11.9. The van der Waals surface area contributed by atoms with Crippen LogP contribution < -0.4 is 5.32 Å². The number of carbonyl (C=O) groups is 1. The number of rotatable bonds is 3. The van der Waals surface area contributed by atoms with Crippen molar-refractivity contribution in [3.63, 3.8) is 0 Å². The fraction of sp³-hybridized carbons (Fsp3) is 0.0769. The van der Waals surface area contributed by atoms with Crippen molar-refractivity contribution in [3.8, 4) is 0 Å². The topological polar surface area (TPSA) is 62.2 Å². The van der Waals surface area contributed by atoms with E-state index in [1.807, 2.05) is 0 Å². The smallest absolute Gasteiger partial charge is 0.257 e. The average molecular weight is 263 g/mol. The maximum Gasteiger partial charge on any atom is 0.257 e. The molecular weight excluding hydrogens is 252 g/mol. The van der Waals surface area contributed by atoms with Gasteiger partial charge in [0, 0.05) is 16.9 Å². The van der Waals surface area contributed by atoms with Crippen LogP contribution >= 0.6 is 11.6 Å². The number of pyridine rings is 1. The molecule has 18 heavy (non-hydrogen) atoms. The van der Waals surface area contributed by atoms with Crippen LogP contribution in [0, 0.1) is 0 Å². The molecule has 1 heterocycles. The summed E-state index contributed by atoms with van der Waals surface area (Å²) in [7, 11) is 0. The van der Waals surface area contributed by atoms with Gasteiger partial charge in [0.2, 0.25) is 0 Å². The molecule has 92 valence electrons. The molecule has 0 radical (unpaired) electrons. The van der Waals surface area contributed by atoms with Gasteiger partial charge in [-0.1, -0.05) is 17.7 Å². The lowest BCUT2D eigenvalue weighted by atomic mass is 10.2. The zero-order valence-corrected chi connectivity index (χ0v) is 10.2. The van der Waals surface area contributed by atoms with E-state index in [2.05, 4.69) is 10.3 Å². The Kier molecular flexibility index (Phi) is 3.92. The minimum absolute atomic E-state index is 0.143. The van der Waals surface area contributed by atoms with Gasteiger partial charge in [-0.05, 0) is 30.3 Å². The molecule has 1 amide bonds. The van der Waals surface area contributed by atoms with Crippen LogP contribution in [0.25, 0.3) is 0 Å². The monoisotopic (exact) mass is 262 g/mol. The molecule has 2 N–H and O–H groups in total. The largest absolute Gasteiger partial charge is 0.390 e. The lowest BCUT2D eigenvalue weighted by Crippen LogP contribution is -2.12. The average Bonchev–Trinajstić information content (AvgIpc) is 2.39.